The van der Waals surface area contributed by atoms with E-state index in [-0.39, 0.29) is 22.1 Å². The number of ether oxygens (including phenoxy) is 1. The van der Waals surface area contributed by atoms with Crippen molar-refractivity contribution in [3.63, 3.8) is 0 Å². The number of sulfone groups is 1. The molecule has 1 unspecified atom stereocenters. The van der Waals surface area contributed by atoms with Crippen LogP contribution in [0.2, 0.25) is 0 Å². The molecule has 1 fully saturated rings. The van der Waals surface area contributed by atoms with Crippen LogP contribution in [-0.2, 0) is 14.6 Å². The number of hydrogen-bond donors (Lipinski definition) is 1. The Morgan fingerprint density at radius 3 is 2.79 bits per heavy atom. The third-order valence-corrected chi connectivity index (χ3v) is 5.27. The summed E-state index contributed by atoms with van der Waals surface area (Å²) in [6.07, 6.45) is 0.733. The van der Waals surface area contributed by atoms with Gasteiger partial charge in [-0.2, -0.15) is 0 Å². The van der Waals surface area contributed by atoms with Crippen molar-refractivity contribution in [3.8, 4) is 0 Å². The summed E-state index contributed by atoms with van der Waals surface area (Å²) in [6, 6.07) is 4.18. The number of aromatic carboxylic acids is 1. The third-order valence-electron chi connectivity index (χ3n) is 3.25. The minimum atomic E-state index is -3.47. The average Bonchev–Trinajstić information content (AvgIpc) is 2.81. The van der Waals surface area contributed by atoms with Gasteiger partial charge in [-0.05, 0) is 37.0 Å². The van der Waals surface area contributed by atoms with Crippen LogP contribution >= 0.6 is 0 Å². The number of carbonyl (C=O) groups is 1. The zero-order valence-corrected chi connectivity index (χ0v) is 11.4. The Kier molecular flexibility index (Phi) is 3.91. The maximum Gasteiger partial charge on any atom is 0.335 e. The average molecular weight is 284 g/mol. The topological polar surface area (TPSA) is 80.7 Å². The molecule has 2 rings (SSSR count). The lowest BCUT2D eigenvalue weighted by Crippen LogP contribution is -2.18. The maximum atomic E-state index is 12.3. The molecule has 1 heterocycles. The Bertz CT molecular complexity index is 585. The van der Waals surface area contributed by atoms with Crippen LogP contribution in [0.5, 0.6) is 0 Å². The number of rotatable bonds is 4. The van der Waals surface area contributed by atoms with Gasteiger partial charge < -0.3 is 9.84 Å². The highest BCUT2D eigenvalue weighted by Crippen LogP contribution is 2.23. The second-order valence-corrected chi connectivity index (χ2v) is 6.80. The first-order chi connectivity index (χ1) is 8.90. The van der Waals surface area contributed by atoms with Crippen molar-refractivity contribution in [3.05, 3.63) is 29.3 Å². The van der Waals surface area contributed by atoms with Crippen molar-refractivity contribution in [2.75, 3.05) is 19.0 Å². The Morgan fingerprint density at radius 1 is 1.47 bits per heavy atom. The van der Waals surface area contributed by atoms with Crippen LogP contribution in [0.25, 0.3) is 0 Å². The molecule has 0 aromatic heterocycles. The second kappa shape index (κ2) is 5.30. The molecule has 1 aliphatic heterocycles. The van der Waals surface area contributed by atoms with E-state index in [4.69, 9.17) is 9.84 Å². The molecule has 0 spiro atoms. The molecule has 19 heavy (non-hydrogen) atoms. The molecule has 0 bridgehead atoms. The first-order valence-corrected chi connectivity index (χ1v) is 7.70. The zero-order valence-electron chi connectivity index (χ0n) is 10.6. The van der Waals surface area contributed by atoms with Crippen molar-refractivity contribution in [2.45, 2.75) is 18.2 Å². The molecule has 0 saturated carbocycles. The Balaban J connectivity index is 2.33. The molecule has 1 N–H and O–H groups in total. The predicted octanol–water partition coefficient (Wildman–Crippen LogP) is 1.50. The van der Waals surface area contributed by atoms with Gasteiger partial charge in [0.2, 0.25) is 0 Å². The van der Waals surface area contributed by atoms with E-state index in [1.807, 2.05) is 0 Å². The number of hydrogen-bond acceptors (Lipinski definition) is 4. The minimum absolute atomic E-state index is 0.00196. The number of benzene rings is 1. The fourth-order valence-electron chi connectivity index (χ4n) is 2.18. The predicted molar refractivity (Wildman–Crippen MR) is 69.1 cm³/mol. The van der Waals surface area contributed by atoms with E-state index in [9.17, 15) is 13.2 Å². The summed E-state index contributed by atoms with van der Waals surface area (Å²) < 4.78 is 29.8. The quantitative estimate of drug-likeness (QED) is 0.906. The first kappa shape index (κ1) is 14.0. The van der Waals surface area contributed by atoms with Crippen LogP contribution in [-0.4, -0.2) is 38.5 Å². The molecule has 1 saturated heterocycles. The fourth-order valence-corrected chi connectivity index (χ4v) is 4.11. The molecular weight excluding hydrogens is 268 g/mol. The highest BCUT2D eigenvalue weighted by atomic mass is 32.2. The zero-order chi connectivity index (χ0) is 14.0. The number of carboxylic acids is 1. The lowest BCUT2D eigenvalue weighted by Gasteiger charge is -2.11. The molecule has 0 aliphatic carbocycles. The van der Waals surface area contributed by atoms with E-state index >= 15 is 0 Å². The summed E-state index contributed by atoms with van der Waals surface area (Å²) in [4.78, 5) is 11.0. The van der Waals surface area contributed by atoms with Gasteiger partial charge in [-0.15, -0.1) is 0 Å². The number of aryl methyl sites for hydroxylation is 1. The summed E-state index contributed by atoms with van der Waals surface area (Å²) in [5.74, 6) is -1.12. The molecule has 1 aromatic carbocycles. The Labute approximate surface area is 112 Å². The lowest BCUT2D eigenvalue weighted by molar-refractivity contribution is 0.0696. The first-order valence-electron chi connectivity index (χ1n) is 6.04. The van der Waals surface area contributed by atoms with Gasteiger partial charge in [0.05, 0.1) is 22.8 Å². The summed E-state index contributed by atoms with van der Waals surface area (Å²) in [6.45, 7) is 2.72. The normalized spacial score (nSPS) is 19.5. The van der Waals surface area contributed by atoms with Crippen molar-refractivity contribution in [1.82, 2.24) is 0 Å². The van der Waals surface area contributed by atoms with Gasteiger partial charge in [-0.1, -0.05) is 6.07 Å². The maximum absolute atomic E-state index is 12.3. The second-order valence-electron chi connectivity index (χ2n) is 4.80. The largest absolute Gasteiger partial charge is 0.478 e. The minimum Gasteiger partial charge on any atom is -0.478 e. The van der Waals surface area contributed by atoms with Crippen LogP contribution in [0, 0.1) is 12.8 Å². The smallest absolute Gasteiger partial charge is 0.335 e. The van der Waals surface area contributed by atoms with Gasteiger partial charge in [0.25, 0.3) is 0 Å². The van der Waals surface area contributed by atoms with Gasteiger partial charge in [0.15, 0.2) is 9.84 Å². The highest BCUT2D eigenvalue weighted by Gasteiger charge is 2.26. The van der Waals surface area contributed by atoms with Crippen molar-refractivity contribution in [1.29, 1.82) is 0 Å². The van der Waals surface area contributed by atoms with E-state index in [2.05, 4.69) is 0 Å². The summed E-state index contributed by atoms with van der Waals surface area (Å²) >= 11 is 0. The van der Waals surface area contributed by atoms with E-state index in [0.717, 1.165) is 6.42 Å². The summed E-state index contributed by atoms with van der Waals surface area (Å²) in [5, 5.41) is 8.94. The van der Waals surface area contributed by atoms with Crippen LogP contribution in [0.15, 0.2) is 23.1 Å². The standard InChI is InChI=1S/C13H16O5S/c1-9-2-3-11(13(14)15)6-12(9)19(16,17)8-10-4-5-18-7-10/h2-3,6,10H,4-5,7-8H2,1H3,(H,14,15). The van der Waals surface area contributed by atoms with Crippen molar-refractivity contribution in [2.24, 2.45) is 5.92 Å². The Hall–Kier alpha value is -1.40. The van der Waals surface area contributed by atoms with Crippen molar-refractivity contribution >= 4 is 15.8 Å². The SMILES string of the molecule is Cc1ccc(C(=O)O)cc1S(=O)(=O)CC1CCOC1. The van der Waals surface area contributed by atoms with Crippen LogP contribution < -0.4 is 0 Å². The molecule has 0 radical (unpaired) electrons. The van der Waals surface area contributed by atoms with E-state index in [1.165, 1.54) is 18.2 Å². The molecule has 1 aliphatic rings. The van der Waals surface area contributed by atoms with Crippen LogP contribution in [0.1, 0.15) is 22.3 Å². The molecule has 0 amide bonds. The van der Waals surface area contributed by atoms with Crippen molar-refractivity contribution < 1.29 is 23.1 Å². The summed E-state index contributed by atoms with van der Waals surface area (Å²) in [5.41, 5.74) is 0.566. The highest BCUT2D eigenvalue weighted by molar-refractivity contribution is 7.91. The number of carboxylic acid groups (broad SMARTS) is 1. The van der Waals surface area contributed by atoms with E-state index in [0.29, 0.717) is 18.8 Å². The van der Waals surface area contributed by atoms with Crippen LogP contribution in [0.4, 0.5) is 0 Å². The molecule has 104 valence electrons. The Morgan fingerprint density at radius 2 is 2.21 bits per heavy atom. The van der Waals surface area contributed by atoms with Gasteiger partial charge >= 0.3 is 5.97 Å². The van der Waals surface area contributed by atoms with Gasteiger partial charge in [-0.25, -0.2) is 13.2 Å². The third kappa shape index (κ3) is 3.13. The van der Waals surface area contributed by atoms with Crippen LogP contribution in [0.3, 0.4) is 0 Å². The monoisotopic (exact) mass is 284 g/mol. The molecule has 6 heteroatoms. The molecule has 1 aromatic rings. The van der Waals surface area contributed by atoms with Gasteiger partial charge in [0.1, 0.15) is 0 Å². The summed E-state index contributed by atoms with van der Waals surface area (Å²) in [7, 11) is -3.47. The molecular formula is C13H16O5S. The molecule has 1 atom stereocenters. The van der Waals surface area contributed by atoms with E-state index in [1.54, 1.807) is 6.92 Å². The van der Waals surface area contributed by atoms with Gasteiger partial charge in [0, 0.05) is 6.61 Å². The van der Waals surface area contributed by atoms with Gasteiger partial charge in [-0.3, -0.25) is 0 Å². The fraction of sp³-hybridized carbons (Fsp3) is 0.462. The molecule has 5 nitrogen and oxygen atoms in total. The van der Waals surface area contributed by atoms with E-state index < -0.39 is 15.8 Å². The lowest BCUT2D eigenvalue weighted by atomic mass is 10.1.